The molecule has 0 aliphatic rings. The first-order chi connectivity index (χ1) is 11.2. The van der Waals surface area contributed by atoms with Gasteiger partial charge in [0.15, 0.2) is 0 Å². The summed E-state index contributed by atoms with van der Waals surface area (Å²) in [6.07, 6.45) is 0.954. The molecule has 0 aliphatic heterocycles. The van der Waals surface area contributed by atoms with E-state index in [0.717, 1.165) is 22.7 Å². The third-order valence-corrected chi connectivity index (χ3v) is 4.99. The number of rotatable bonds is 5. The highest BCUT2D eigenvalue weighted by Crippen LogP contribution is 2.29. The Balaban J connectivity index is 2.22. The van der Waals surface area contributed by atoms with Crippen molar-refractivity contribution in [1.29, 1.82) is 0 Å². The quantitative estimate of drug-likeness (QED) is 0.848. The smallest absolute Gasteiger partial charge is 0.245 e. The average Bonchev–Trinajstić information content (AvgIpc) is 2.49. The molecule has 0 fully saturated rings. The molecule has 0 unspecified atom stereocenters. The molecule has 0 saturated heterocycles. The van der Waals surface area contributed by atoms with Crippen LogP contribution >= 0.6 is 23.2 Å². The Kier molecular flexibility index (Phi) is 5.69. The molecular weight excluding hydrogens is 378 g/mol. The molecular formula is C15H13Cl2FN2O3S. The summed E-state index contributed by atoms with van der Waals surface area (Å²) >= 11 is 11.8. The lowest BCUT2D eigenvalue weighted by Gasteiger charge is -2.22. The Hall–Kier alpha value is -1.83. The van der Waals surface area contributed by atoms with Crippen molar-refractivity contribution < 1.29 is 17.6 Å². The zero-order valence-corrected chi connectivity index (χ0v) is 14.8. The van der Waals surface area contributed by atoms with Crippen LogP contribution in [0.1, 0.15) is 0 Å². The van der Waals surface area contributed by atoms with Gasteiger partial charge in [-0.25, -0.2) is 12.8 Å². The van der Waals surface area contributed by atoms with Gasteiger partial charge in [-0.15, -0.1) is 0 Å². The molecule has 2 aromatic carbocycles. The van der Waals surface area contributed by atoms with Gasteiger partial charge >= 0.3 is 0 Å². The van der Waals surface area contributed by atoms with Gasteiger partial charge in [0.05, 0.1) is 27.7 Å². The van der Waals surface area contributed by atoms with Crippen LogP contribution < -0.4 is 9.62 Å². The second-order valence-electron chi connectivity index (χ2n) is 4.90. The van der Waals surface area contributed by atoms with Crippen molar-refractivity contribution in [3.63, 3.8) is 0 Å². The number of carbonyl (C=O) groups is 1. The van der Waals surface area contributed by atoms with Gasteiger partial charge < -0.3 is 5.32 Å². The van der Waals surface area contributed by atoms with Crippen molar-refractivity contribution >= 4 is 50.5 Å². The third kappa shape index (κ3) is 4.59. The fraction of sp³-hybridized carbons (Fsp3) is 0.133. The van der Waals surface area contributed by atoms with Crippen LogP contribution in [0.5, 0.6) is 0 Å². The zero-order chi connectivity index (χ0) is 17.9. The Morgan fingerprint density at radius 1 is 1.17 bits per heavy atom. The summed E-state index contributed by atoms with van der Waals surface area (Å²) in [4.78, 5) is 12.2. The number of hydrogen-bond acceptors (Lipinski definition) is 3. The van der Waals surface area contributed by atoms with Gasteiger partial charge in [-0.2, -0.15) is 0 Å². The Morgan fingerprint density at radius 3 is 2.38 bits per heavy atom. The molecule has 0 radical (unpaired) electrons. The summed E-state index contributed by atoms with van der Waals surface area (Å²) in [5, 5.41) is 2.91. The highest BCUT2D eigenvalue weighted by Gasteiger charge is 2.21. The van der Waals surface area contributed by atoms with E-state index in [1.807, 2.05) is 0 Å². The number of benzene rings is 2. The topological polar surface area (TPSA) is 66.5 Å². The maximum atomic E-state index is 13.0. The van der Waals surface area contributed by atoms with Crippen molar-refractivity contribution in [2.75, 3.05) is 22.4 Å². The van der Waals surface area contributed by atoms with E-state index in [9.17, 15) is 17.6 Å². The molecule has 0 bridgehead atoms. The molecule has 1 N–H and O–H groups in total. The summed E-state index contributed by atoms with van der Waals surface area (Å²) in [6, 6.07) is 9.46. The number of anilines is 2. The normalized spacial score (nSPS) is 11.2. The molecule has 0 saturated carbocycles. The zero-order valence-electron chi connectivity index (χ0n) is 12.5. The molecule has 5 nitrogen and oxygen atoms in total. The number of nitrogens with zero attached hydrogens (tertiary/aromatic N) is 1. The third-order valence-electron chi connectivity index (χ3n) is 3.03. The van der Waals surface area contributed by atoms with E-state index < -0.39 is 28.3 Å². The maximum Gasteiger partial charge on any atom is 0.245 e. The number of carbonyl (C=O) groups excluding carboxylic acids is 1. The SMILES string of the molecule is CS(=O)(=O)N(CC(=O)Nc1cccc(Cl)c1Cl)c1ccc(F)cc1. The first kappa shape index (κ1) is 18.5. The highest BCUT2D eigenvalue weighted by molar-refractivity contribution is 7.92. The van der Waals surface area contributed by atoms with Gasteiger partial charge in [-0.05, 0) is 36.4 Å². The van der Waals surface area contributed by atoms with Crippen molar-refractivity contribution in [3.8, 4) is 0 Å². The number of hydrogen-bond donors (Lipinski definition) is 1. The van der Waals surface area contributed by atoms with Crippen molar-refractivity contribution in [3.05, 3.63) is 58.3 Å². The molecule has 0 aliphatic carbocycles. The van der Waals surface area contributed by atoms with E-state index in [4.69, 9.17) is 23.2 Å². The average molecular weight is 391 g/mol. The number of halogens is 3. The molecule has 2 rings (SSSR count). The molecule has 0 atom stereocenters. The first-order valence-corrected chi connectivity index (χ1v) is 9.26. The van der Waals surface area contributed by atoms with Crippen LogP contribution in [-0.4, -0.2) is 27.1 Å². The second-order valence-corrected chi connectivity index (χ2v) is 7.59. The summed E-state index contributed by atoms with van der Waals surface area (Å²) in [6.45, 7) is -0.493. The fourth-order valence-corrected chi connectivity index (χ4v) is 3.13. The Bertz CT molecular complexity index is 858. The van der Waals surface area contributed by atoms with Gasteiger partial charge in [-0.3, -0.25) is 9.10 Å². The minimum atomic E-state index is -3.75. The van der Waals surface area contributed by atoms with Crippen LogP contribution in [0.15, 0.2) is 42.5 Å². The molecule has 128 valence electrons. The minimum absolute atomic E-state index is 0.153. The lowest BCUT2D eigenvalue weighted by molar-refractivity contribution is -0.114. The second kappa shape index (κ2) is 7.38. The molecule has 24 heavy (non-hydrogen) atoms. The summed E-state index contributed by atoms with van der Waals surface area (Å²) in [5.41, 5.74) is 0.438. The van der Waals surface area contributed by atoms with E-state index >= 15 is 0 Å². The largest absolute Gasteiger partial charge is 0.323 e. The van der Waals surface area contributed by atoms with Gasteiger partial charge in [0.25, 0.3) is 0 Å². The lowest BCUT2D eigenvalue weighted by atomic mass is 10.3. The van der Waals surface area contributed by atoms with Gasteiger partial charge in [-0.1, -0.05) is 29.3 Å². The monoisotopic (exact) mass is 390 g/mol. The van der Waals surface area contributed by atoms with Crippen molar-refractivity contribution in [2.24, 2.45) is 0 Å². The van der Waals surface area contributed by atoms with Gasteiger partial charge in [0.2, 0.25) is 15.9 Å². The van der Waals surface area contributed by atoms with Crippen LogP contribution in [0.25, 0.3) is 0 Å². The molecule has 0 aromatic heterocycles. The van der Waals surface area contributed by atoms with E-state index in [1.54, 1.807) is 12.1 Å². The lowest BCUT2D eigenvalue weighted by Crippen LogP contribution is -2.37. The van der Waals surface area contributed by atoms with E-state index in [1.165, 1.54) is 18.2 Å². The molecule has 0 spiro atoms. The van der Waals surface area contributed by atoms with Crippen LogP contribution in [0.4, 0.5) is 15.8 Å². The molecule has 1 amide bonds. The molecule has 2 aromatic rings. The Morgan fingerprint density at radius 2 is 1.79 bits per heavy atom. The number of sulfonamides is 1. The van der Waals surface area contributed by atoms with Crippen LogP contribution in [0, 0.1) is 5.82 Å². The van der Waals surface area contributed by atoms with Crippen LogP contribution in [0.3, 0.4) is 0 Å². The van der Waals surface area contributed by atoms with Crippen molar-refractivity contribution in [1.82, 2.24) is 0 Å². The van der Waals surface area contributed by atoms with E-state index in [0.29, 0.717) is 0 Å². The summed E-state index contributed by atoms with van der Waals surface area (Å²) in [5.74, 6) is -1.13. The van der Waals surface area contributed by atoms with Gasteiger partial charge in [0, 0.05) is 0 Å². The predicted octanol–water partition coefficient (Wildman–Crippen LogP) is 3.54. The minimum Gasteiger partial charge on any atom is -0.323 e. The Labute approximate surface area is 149 Å². The molecule has 9 heteroatoms. The number of amides is 1. The van der Waals surface area contributed by atoms with Gasteiger partial charge in [0.1, 0.15) is 12.4 Å². The maximum absolute atomic E-state index is 13.0. The molecule has 0 heterocycles. The highest BCUT2D eigenvalue weighted by atomic mass is 35.5. The standard InChI is InChI=1S/C15H13Cl2FN2O3S/c1-24(22,23)20(11-7-5-10(18)6-8-11)9-14(21)19-13-4-2-3-12(16)15(13)17/h2-8H,9H2,1H3,(H,19,21). The van der Waals surface area contributed by atoms with Crippen LogP contribution in [-0.2, 0) is 14.8 Å². The summed E-state index contributed by atoms with van der Waals surface area (Å²) < 4.78 is 37.7. The summed E-state index contributed by atoms with van der Waals surface area (Å²) in [7, 11) is -3.75. The number of nitrogens with one attached hydrogen (secondary N) is 1. The fourth-order valence-electron chi connectivity index (χ4n) is 1.93. The van der Waals surface area contributed by atoms with E-state index in [2.05, 4.69) is 5.32 Å². The van der Waals surface area contributed by atoms with Crippen molar-refractivity contribution in [2.45, 2.75) is 0 Å². The van der Waals surface area contributed by atoms with E-state index in [-0.39, 0.29) is 21.4 Å². The van der Waals surface area contributed by atoms with Crippen LogP contribution in [0.2, 0.25) is 10.0 Å². The predicted molar refractivity (Wildman–Crippen MR) is 93.7 cm³/mol. The first-order valence-electron chi connectivity index (χ1n) is 6.65.